The van der Waals surface area contributed by atoms with Crippen LogP contribution in [0, 0.1) is 5.92 Å². The summed E-state index contributed by atoms with van der Waals surface area (Å²) in [7, 11) is 0. The number of aromatic nitrogens is 4. The molecule has 4 atom stereocenters. The zero-order valence-corrected chi connectivity index (χ0v) is 15.1. The normalized spacial score (nSPS) is 25.4. The molecule has 1 aliphatic rings. The number of esters is 2. The Morgan fingerprint density at radius 2 is 2.08 bits per heavy atom. The molecule has 1 fully saturated rings. The average Bonchev–Trinajstić information content (AvgIpc) is 3.08. The van der Waals surface area contributed by atoms with Gasteiger partial charge in [0, 0.05) is 19.8 Å². The molecule has 0 spiro atoms. The Bertz CT molecular complexity index is 856. The third-order valence-corrected chi connectivity index (χ3v) is 4.39. The van der Waals surface area contributed by atoms with Gasteiger partial charge in [0.15, 0.2) is 23.1 Å². The van der Waals surface area contributed by atoms with Crippen molar-refractivity contribution < 1.29 is 23.8 Å². The standard InChI is InChI=1S/C15H18ClN5O5/c1-6-9(4-24-7(2)22)26-14(11(6)25-8(3)23)21-5-18-10-12(16)19-15(17)20-13(10)21/h5-6,9,11,14H,4H2,1-3H3,(H2,17,19,20)/t6-,9-,11-,14-/m1/s1. The second-order valence-corrected chi connectivity index (χ2v) is 6.36. The predicted molar refractivity (Wildman–Crippen MR) is 90.0 cm³/mol. The van der Waals surface area contributed by atoms with Crippen LogP contribution in [-0.4, -0.2) is 50.3 Å². The monoisotopic (exact) mass is 383 g/mol. The third-order valence-electron chi connectivity index (χ3n) is 4.12. The number of nitrogen functional groups attached to an aromatic ring is 1. The number of nitrogens with two attached hydrogens (primary N) is 1. The molecule has 0 saturated carbocycles. The molecule has 0 amide bonds. The largest absolute Gasteiger partial charge is 0.463 e. The number of fused-ring (bicyclic) bond motifs is 1. The summed E-state index contributed by atoms with van der Waals surface area (Å²) in [6.07, 6.45) is -0.377. The summed E-state index contributed by atoms with van der Waals surface area (Å²) >= 11 is 6.05. The maximum atomic E-state index is 11.6. The number of hydrogen-bond donors (Lipinski definition) is 1. The summed E-state index contributed by atoms with van der Waals surface area (Å²) in [6.45, 7) is 4.50. The van der Waals surface area contributed by atoms with Crippen molar-refractivity contribution in [1.29, 1.82) is 0 Å². The molecule has 3 heterocycles. The second kappa shape index (κ2) is 7.04. The van der Waals surface area contributed by atoms with Gasteiger partial charge in [-0.3, -0.25) is 14.2 Å². The van der Waals surface area contributed by atoms with Crippen molar-refractivity contribution in [1.82, 2.24) is 19.5 Å². The molecule has 26 heavy (non-hydrogen) atoms. The Morgan fingerprint density at radius 3 is 2.73 bits per heavy atom. The molecular formula is C15H18ClN5O5. The Labute approximate surface area is 153 Å². The lowest BCUT2D eigenvalue weighted by Gasteiger charge is -2.21. The van der Waals surface area contributed by atoms with Gasteiger partial charge < -0.3 is 19.9 Å². The van der Waals surface area contributed by atoms with Crippen LogP contribution in [0.15, 0.2) is 6.33 Å². The van der Waals surface area contributed by atoms with Gasteiger partial charge in [0.05, 0.1) is 6.33 Å². The minimum Gasteiger partial charge on any atom is -0.463 e. The number of rotatable bonds is 4. The molecule has 0 aliphatic carbocycles. The van der Waals surface area contributed by atoms with Gasteiger partial charge in [-0.05, 0) is 0 Å². The van der Waals surface area contributed by atoms with Crippen molar-refractivity contribution in [2.24, 2.45) is 5.92 Å². The Kier molecular flexibility index (Phi) is 4.97. The van der Waals surface area contributed by atoms with E-state index in [1.807, 2.05) is 6.92 Å². The molecule has 1 saturated heterocycles. The number of hydrogen-bond acceptors (Lipinski definition) is 9. The number of nitrogens with zero attached hydrogens (tertiary/aromatic N) is 4. The van der Waals surface area contributed by atoms with Crippen molar-refractivity contribution in [2.75, 3.05) is 12.3 Å². The third kappa shape index (κ3) is 3.42. The summed E-state index contributed by atoms with van der Waals surface area (Å²) in [4.78, 5) is 34.9. The lowest BCUT2D eigenvalue weighted by atomic mass is 10.0. The van der Waals surface area contributed by atoms with Crippen molar-refractivity contribution in [2.45, 2.75) is 39.2 Å². The van der Waals surface area contributed by atoms with Gasteiger partial charge in [-0.15, -0.1) is 0 Å². The van der Waals surface area contributed by atoms with E-state index in [-0.39, 0.29) is 23.6 Å². The number of anilines is 1. The van der Waals surface area contributed by atoms with E-state index in [0.717, 1.165) is 0 Å². The zero-order valence-electron chi connectivity index (χ0n) is 14.4. The van der Waals surface area contributed by atoms with Crippen LogP contribution >= 0.6 is 11.6 Å². The summed E-state index contributed by atoms with van der Waals surface area (Å²) in [6, 6.07) is 0. The van der Waals surface area contributed by atoms with E-state index < -0.39 is 30.4 Å². The first-order valence-corrected chi connectivity index (χ1v) is 8.27. The van der Waals surface area contributed by atoms with Gasteiger partial charge >= 0.3 is 11.9 Å². The first-order valence-electron chi connectivity index (χ1n) is 7.89. The minimum absolute atomic E-state index is 0.0178. The van der Waals surface area contributed by atoms with Crippen molar-refractivity contribution >= 4 is 40.7 Å². The van der Waals surface area contributed by atoms with Gasteiger partial charge in [0.25, 0.3) is 0 Å². The first kappa shape index (κ1) is 18.3. The fourth-order valence-corrected chi connectivity index (χ4v) is 3.13. The molecule has 0 aromatic carbocycles. The molecule has 0 unspecified atom stereocenters. The predicted octanol–water partition coefficient (Wildman–Crippen LogP) is 1.09. The lowest BCUT2D eigenvalue weighted by Crippen LogP contribution is -2.30. The fourth-order valence-electron chi connectivity index (χ4n) is 2.91. The number of carbonyl (C=O) groups excluding carboxylic acids is 2. The molecule has 140 valence electrons. The van der Waals surface area contributed by atoms with E-state index in [1.54, 1.807) is 4.57 Å². The summed E-state index contributed by atoms with van der Waals surface area (Å²) in [5.74, 6) is -1.14. The van der Waals surface area contributed by atoms with E-state index in [9.17, 15) is 9.59 Å². The zero-order chi connectivity index (χ0) is 19.0. The van der Waals surface area contributed by atoms with Crippen molar-refractivity contribution in [3.63, 3.8) is 0 Å². The number of carbonyl (C=O) groups is 2. The molecular weight excluding hydrogens is 366 g/mol. The Hall–Kier alpha value is -2.46. The Balaban J connectivity index is 1.98. The maximum Gasteiger partial charge on any atom is 0.303 e. The highest BCUT2D eigenvalue weighted by Gasteiger charge is 2.46. The Morgan fingerprint density at radius 1 is 1.35 bits per heavy atom. The van der Waals surface area contributed by atoms with Crippen LogP contribution in [-0.2, 0) is 23.8 Å². The van der Waals surface area contributed by atoms with E-state index >= 15 is 0 Å². The van der Waals surface area contributed by atoms with Crippen LogP contribution in [0.25, 0.3) is 11.2 Å². The summed E-state index contributed by atoms with van der Waals surface area (Å²) in [5, 5.41) is 0.109. The summed E-state index contributed by atoms with van der Waals surface area (Å²) in [5.41, 5.74) is 6.37. The first-order chi connectivity index (χ1) is 12.3. The van der Waals surface area contributed by atoms with Crippen molar-refractivity contribution in [3.8, 4) is 0 Å². The second-order valence-electron chi connectivity index (χ2n) is 6.00. The highest BCUT2D eigenvalue weighted by molar-refractivity contribution is 6.33. The van der Waals surface area contributed by atoms with E-state index in [4.69, 9.17) is 31.5 Å². The van der Waals surface area contributed by atoms with Crippen LogP contribution in [0.1, 0.15) is 27.0 Å². The highest BCUT2D eigenvalue weighted by Crippen LogP contribution is 2.38. The average molecular weight is 384 g/mol. The molecule has 2 N–H and O–H groups in total. The van der Waals surface area contributed by atoms with Gasteiger partial charge in [-0.25, -0.2) is 4.98 Å². The number of halogens is 1. The SMILES string of the molecule is CC(=O)OC[C@H]1O[C@@H](n2cnc3c(Cl)nc(N)nc32)[C@H](OC(C)=O)[C@@H]1C. The van der Waals surface area contributed by atoms with Gasteiger partial charge in [-0.1, -0.05) is 18.5 Å². The lowest BCUT2D eigenvalue weighted by molar-refractivity contribution is -0.153. The molecule has 1 aliphatic heterocycles. The number of ether oxygens (including phenoxy) is 3. The van der Waals surface area contributed by atoms with Gasteiger partial charge in [0.2, 0.25) is 5.95 Å². The smallest absolute Gasteiger partial charge is 0.303 e. The van der Waals surface area contributed by atoms with Crippen LogP contribution in [0.5, 0.6) is 0 Å². The maximum absolute atomic E-state index is 11.6. The number of imidazole rings is 1. The van der Waals surface area contributed by atoms with Gasteiger partial charge in [0.1, 0.15) is 18.2 Å². The van der Waals surface area contributed by atoms with Gasteiger partial charge in [-0.2, -0.15) is 9.97 Å². The molecule has 11 heteroatoms. The van der Waals surface area contributed by atoms with Crippen LogP contribution in [0.4, 0.5) is 5.95 Å². The van der Waals surface area contributed by atoms with Crippen molar-refractivity contribution in [3.05, 3.63) is 11.5 Å². The van der Waals surface area contributed by atoms with E-state index in [1.165, 1.54) is 20.2 Å². The van der Waals surface area contributed by atoms with Crippen LogP contribution in [0.2, 0.25) is 5.15 Å². The van der Waals surface area contributed by atoms with E-state index in [2.05, 4.69) is 15.0 Å². The molecule has 2 aromatic heterocycles. The quantitative estimate of drug-likeness (QED) is 0.608. The fraction of sp³-hybridized carbons (Fsp3) is 0.533. The van der Waals surface area contributed by atoms with Crippen LogP contribution in [0.3, 0.4) is 0 Å². The van der Waals surface area contributed by atoms with Crippen LogP contribution < -0.4 is 5.73 Å². The topological polar surface area (TPSA) is 131 Å². The molecule has 2 aromatic rings. The molecule has 3 rings (SSSR count). The highest BCUT2D eigenvalue weighted by atomic mass is 35.5. The molecule has 0 bridgehead atoms. The van der Waals surface area contributed by atoms with E-state index in [0.29, 0.717) is 11.2 Å². The minimum atomic E-state index is -0.732. The molecule has 10 nitrogen and oxygen atoms in total. The molecule has 0 radical (unpaired) electrons. The summed E-state index contributed by atoms with van der Waals surface area (Å²) < 4.78 is 18.1.